The summed E-state index contributed by atoms with van der Waals surface area (Å²) in [5.41, 5.74) is 1.08. The van der Waals surface area contributed by atoms with Gasteiger partial charge in [0.1, 0.15) is 11.5 Å². The van der Waals surface area contributed by atoms with Crippen LogP contribution in [0, 0.1) is 11.3 Å². The molecule has 1 heterocycles. The fraction of sp³-hybridized carbons (Fsp3) is 0.167. The summed E-state index contributed by atoms with van der Waals surface area (Å²) in [5.74, 6) is -0.911. The molecule has 0 aromatic heterocycles. The Kier molecular flexibility index (Phi) is 3.93. The van der Waals surface area contributed by atoms with E-state index in [-0.39, 0.29) is 11.5 Å². The van der Waals surface area contributed by atoms with Crippen molar-refractivity contribution in [3.8, 4) is 5.75 Å². The summed E-state index contributed by atoms with van der Waals surface area (Å²) in [5, 5.41) is 10.7. The van der Waals surface area contributed by atoms with Gasteiger partial charge in [0.2, 0.25) is 0 Å². The van der Waals surface area contributed by atoms with Crippen LogP contribution in [0.1, 0.15) is 22.0 Å². The number of nitrogens with one attached hydrogen (secondary N) is 2. The first-order chi connectivity index (χ1) is 11.1. The van der Waals surface area contributed by atoms with Gasteiger partial charge in [0, 0.05) is 5.56 Å². The van der Waals surface area contributed by atoms with Crippen LogP contribution in [0.25, 0.3) is 0 Å². The van der Waals surface area contributed by atoms with E-state index in [1.54, 1.807) is 31.4 Å². The Hall–Kier alpha value is -2.95. The van der Waals surface area contributed by atoms with Crippen LogP contribution in [-0.2, 0) is 4.79 Å². The molecule has 1 fully saturated rings. The first-order valence-corrected chi connectivity index (χ1v) is 7.24. The fourth-order valence-electron chi connectivity index (χ4n) is 2.76. The van der Waals surface area contributed by atoms with Gasteiger partial charge in [0.05, 0.1) is 19.1 Å². The molecule has 3 rings (SSSR count). The van der Waals surface area contributed by atoms with E-state index in [0.717, 1.165) is 5.56 Å². The molecule has 0 radical (unpaired) electrons. The maximum Gasteiger partial charge on any atom is 0.266 e. The Morgan fingerprint density at radius 2 is 1.74 bits per heavy atom. The van der Waals surface area contributed by atoms with Gasteiger partial charge in [-0.05, 0) is 29.8 Å². The number of rotatable bonds is 4. The fourth-order valence-corrected chi connectivity index (χ4v) is 2.76. The van der Waals surface area contributed by atoms with E-state index in [9.17, 15) is 9.59 Å². The topological polar surface area (TPSA) is 79.2 Å². The Morgan fingerprint density at radius 3 is 2.35 bits per heavy atom. The minimum absolute atomic E-state index is 0.195. The van der Waals surface area contributed by atoms with Crippen molar-refractivity contribution < 1.29 is 14.3 Å². The Morgan fingerprint density at radius 1 is 1.09 bits per heavy atom. The molecule has 0 aliphatic carbocycles. The normalized spacial score (nSPS) is 20.2. The molecule has 1 saturated heterocycles. The Bertz CT molecular complexity index is 754. The lowest BCUT2D eigenvalue weighted by Crippen LogP contribution is -2.26. The van der Waals surface area contributed by atoms with Crippen LogP contribution in [-0.4, -0.2) is 24.5 Å². The predicted octanol–water partition coefficient (Wildman–Crippen LogP) is 2.38. The number of ketones is 1. The van der Waals surface area contributed by atoms with Crippen molar-refractivity contribution in [2.45, 2.75) is 6.04 Å². The van der Waals surface area contributed by atoms with Crippen molar-refractivity contribution in [2.24, 2.45) is 5.92 Å². The van der Waals surface area contributed by atoms with Crippen molar-refractivity contribution in [3.63, 3.8) is 0 Å². The van der Waals surface area contributed by atoms with E-state index in [2.05, 4.69) is 5.32 Å². The second-order valence-corrected chi connectivity index (χ2v) is 5.35. The van der Waals surface area contributed by atoms with Crippen LogP contribution in [0.5, 0.6) is 5.75 Å². The average molecular weight is 308 g/mol. The minimum Gasteiger partial charge on any atom is -0.497 e. The summed E-state index contributed by atoms with van der Waals surface area (Å²) in [6.07, 6.45) is 0. The molecular weight excluding hydrogens is 292 g/mol. The van der Waals surface area contributed by atoms with E-state index in [4.69, 9.17) is 10.1 Å². The first-order valence-electron chi connectivity index (χ1n) is 7.24. The third-order valence-electron chi connectivity index (χ3n) is 3.99. The molecule has 2 aromatic rings. The monoisotopic (exact) mass is 308 g/mol. The molecule has 116 valence electrons. The highest BCUT2D eigenvalue weighted by atomic mass is 16.5. The van der Waals surface area contributed by atoms with Gasteiger partial charge in [-0.1, -0.05) is 30.3 Å². The summed E-state index contributed by atoms with van der Waals surface area (Å²) >= 11 is 0. The van der Waals surface area contributed by atoms with E-state index < -0.39 is 17.9 Å². The molecule has 2 N–H and O–H groups in total. The molecule has 5 nitrogen and oxygen atoms in total. The third-order valence-corrected chi connectivity index (χ3v) is 3.99. The lowest BCUT2D eigenvalue weighted by Gasteiger charge is -2.18. The van der Waals surface area contributed by atoms with Crippen LogP contribution in [0.4, 0.5) is 0 Å². The van der Waals surface area contributed by atoms with Crippen molar-refractivity contribution in [1.82, 2.24) is 5.32 Å². The molecule has 0 unspecified atom stereocenters. The largest absolute Gasteiger partial charge is 0.497 e. The molecule has 23 heavy (non-hydrogen) atoms. The molecule has 1 amide bonds. The highest BCUT2D eigenvalue weighted by Gasteiger charge is 2.43. The summed E-state index contributed by atoms with van der Waals surface area (Å²) < 4.78 is 5.08. The number of Topliss-reactive ketones (excluding diaryl/α,β-unsaturated/α-hetero) is 1. The summed E-state index contributed by atoms with van der Waals surface area (Å²) in [7, 11) is 1.55. The number of hydrogen-bond donors (Lipinski definition) is 2. The highest BCUT2D eigenvalue weighted by molar-refractivity contribution is 6.45. The smallest absolute Gasteiger partial charge is 0.266 e. The van der Waals surface area contributed by atoms with Crippen LogP contribution < -0.4 is 10.1 Å². The molecule has 1 aliphatic heterocycles. The first kappa shape index (κ1) is 15.0. The second kappa shape index (κ2) is 6.04. The number of methoxy groups -OCH3 is 1. The number of amides is 1. The lowest BCUT2D eigenvalue weighted by molar-refractivity contribution is -0.114. The van der Waals surface area contributed by atoms with Crippen molar-refractivity contribution in [1.29, 1.82) is 5.41 Å². The van der Waals surface area contributed by atoms with Crippen LogP contribution in [0.2, 0.25) is 0 Å². The van der Waals surface area contributed by atoms with Gasteiger partial charge in [-0.3, -0.25) is 15.0 Å². The van der Waals surface area contributed by atoms with Crippen LogP contribution in [0.3, 0.4) is 0 Å². The number of hydrogen-bond acceptors (Lipinski definition) is 4. The second-order valence-electron chi connectivity index (χ2n) is 5.35. The predicted molar refractivity (Wildman–Crippen MR) is 85.9 cm³/mol. The van der Waals surface area contributed by atoms with Gasteiger partial charge in [0.15, 0.2) is 5.78 Å². The van der Waals surface area contributed by atoms with Crippen molar-refractivity contribution in [2.75, 3.05) is 7.11 Å². The van der Waals surface area contributed by atoms with Gasteiger partial charge in [-0.25, -0.2) is 0 Å². The maximum atomic E-state index is 12.8. The molecule has 5 heteroatoms. The zero-order valence-electron chi connectivity index (χ0n) is 12.6. The summed E-state index contributed by atoms with van der Waals surface area (Å²) in [4.78, 5) is 24.7. The Labute approximate surface area is 133 Å². The summed E-state index contributed by atoms with van der Waals surface area (Å²) in [6, 6.07) is 15.4. The molecule has 1 aliphatic rings. The van der Waals surface area contributed by atoms with Gasteiger partial charge in [0.25, 0.3) is 5.91 Å². The van der Waals surface area contributed by atoms with E-state index >= 15 is 0 Å². The average Bonchev–Trinajstić information content (AvgIpc) is 2.90. The van der Waals surface area contributed by atoms with Crippen molar-refractivity contribution >= 4 is 17.4 Å². The third kappa shape index (κ3) is 2.73. The summed E-state index contributed by atoms with van der Waals surface area (Å²) in [6.45, 7) is 0. The van der Waals surface area contributed by atoms with E-state index in [1.165, 1.54) is 0 Å². The minimum atomic E-state index is -0.821. The van der Waals surface area contributed by atoms with Crippen molar-refractivity contribution in [3.05, 3.63) is 65.7 Å². The molecule has 2 atom stereocenters. The van der Waals surface area contributed by atoms with E-state index in [0.29, 0.717) is 11.3 Å². The van der Waals surface area contributed by atoms with Gasteiger partial charge >= 0.3 is 0 Å². The van der Waals surface area contributed by atoms with Gasteiger partial charge < -0.3 is 10.1 Å². The number of carbonyl (C=O) groups is 2. The van der Waals surface area contributed by atoms with Crippen LogP contribution >= 0.6 is 0 Å². The lowest BCUT2D eigenvalue weighted by atomic mass is 9.86. The van der Waals surface area contributed by atoms with Crippen LogP contribution in [0.15, 0.2) is 54.6 Å². The molecule has 0 saturated carbocycles. The molecule has 0 bridgehead atoms. The van der Waals surface area contributed by atoms with Gasteiger partial charge in [-0.15, -0.1) is 0 Å². The standard InChI is InChI=1S/C18H16N2O3/c1-23-13-9-7-12(8-10-13)17(21)14-15(19)18(22)20-16(14)11-5-3-2-4-6-11/h2-10,14,16,19H,1H3,(H,20,22)/t14-,16-/m0/s1. The zero-order valence-corrected chi connectivity index (χ0v) is 12.6. The maximum absolute atomic E-state index is 12.8. The van der Waals surface area contributed by atoms with E-state index in [1.807, 2.05) is 30.3 Å². The zero-order chi connectivity index (χ0) is 16.4. The Balaban J connectivity index is 1.95. The number of carbonyl (C=O) groups excluding carboxylic acids is 2. The number of benzene rings is 2. The molecule has 0 spiro atoms. The number of ether oxygens (including phenoxy) is 1. The molecular formula is C18H16N2O3. The van der Waals surface area contributed by atoms with Gasteiger partial charge in [-0.2, -0.15) is 0 Å². The SMILES string of the molecule is COc1ccc(C(=O)[C@H]2C(=N)C(=O)N[C@H]2c2ccccc2)cc1. The highest BCUT2D eigenvalue weighted by Crippen LogP contribution is 2.31. The molecule has 2 aromatic carbocycles. The quantitative estimate of drug-likeness (QED) is 0.851.